The lowest BCUT2D eigenvalue weighted by Crippen LogP contribution is -2.58. The third-order valence-corrected chi connectivity index (χ3v) is 6.86. The zero-order valence-corrected chi connectivity index (χ0v) is 17.5. The van der Waals surface area contributed by atoms with Gasteiger partial charge in [0.25, 0.3) is 5.91 Å². The molecule has 2 fully saturated rings. The molecule has 0 bridgehead atoms. The van der Waals surface area contributed by atoms with Crippen molar-refractivity contribution in [2.24, 2.45) is 5.14 Å². The van der Waals surface area contributed by atoms with E-state index < -0.39 is 10.0 Å². The van der Waals surface area contributed by atoms with Crippen molar-refractivity contribution in [3.8, 4) is 5.75 Å². The Morgan fingerprint density at radius 3 is 2.65 bits per heavy atom. The Kier molecular flexibility index (Phi) is 4.59. The quantitative estimate of drug-likeness (QED) is 0.598. The highest BCUT2D eigenvalue weighted by Gasteiger charge is 2.53. The summed E-state index contributed by atoms with van der Waals surface area (Å²) in [4.78, 5) is 28.9. The number of aromatic amines is 1. The number of amides is 1. The van der Waals surface area contributed by atoms with Gasteiger partial charge in [0, 0.05) is 25.8 Å². The number of hydrogen-bond donors (Lipinski definition) is 2. The fourth-order valence-electron chi connectivity index (χ4n) is 4.18. The third kappa shape index (κ3) is 3.70. The van der Waals surface area contributed by atoms with Gasteiger partial charge in [-0.25, -0.2) is 23.5 Å². The third-order valence-electron chi connectivity index (χ3n) is 5.93. The fourth-order valence-corrected chi connectivity index (χ4v) is 4.69. The number of primary sulfonamides is 1. The predicted octanol–water partition coefficient (Wildman–Crippen LogP) is 0.866. The van der Waals surface area contributed by atoms with E-state index in [-0.39, 0.29) is 22.9 Å². The SMILES string of the molecule is NS(=O)(=O)c1ccc(OCC(=O)N2CCN(c3ncnc4[nH]ccc34)CC23CC3)cc1. The topological polar surface area (TPSA) is 135 Å². The van der Waals surface area contributed by atoms with Crippen LogP contribution in [-0.2, 0) is 14.8 Å². The van der Waals surface area contributed by atoms with Crippen LogP contribution in [0.3, 0.4) is 0 Å². The van der Waals surface area contributed by atoms with Gasteiger partial charge in [0.1, 0.15) is 23.5 Å². The zero-order valence-electron chi connectivity index (χ0n) is 16.7. The molecule has 3 heterocycles. The van der Waals surface area contributed by atoms with Crippen LogP contribution in [0.15, 0.2) is 47.8 Å². The maximum Gasteiger partial charge on any atom is 0.261 e. The lowest BCUT2D eigenvalue weighted by Gasteiger charge is -2.42. The van der Waals surface area contributed by atoms with E-state index in [1.807, 2.05) is 17.2 Å². The fraction of sp³-hybridized carbons (Fsp3) is 0.350. The number of rotatable bonds is 5. The molecule has 3 aromatic rings. The van der Waals surface area contributed by atoms with Gasteiger partial charge in [-0.15, -0.1) is 0 Å². The van der Waals surface area contributed by atoms with Crippen LogP contribution in [0.5, 0.6) is 5.75 Å². The smallest absolute Gasteiger partial charge is 0.261 e. The Morgan fingerprint density at radius 2 is 1.94 bits per heavy atom. The number of H-pyrrole nitrogens is 1. The number of sulfonamides is 1. The van der Waals surface area contributed by atoms with Crippen LogP contribution in [-0.4, -0.2) is 66.0 Å². The first kappa shape index (κ1) is 19.8. The van der Waals surface area contributed by atoms with Crippen molar-refractivity contribution in [2.45, 2.75) is 23.3 Å². The average Bonchev–Trinajstić information content (AvgIpc) is 3.33. The van der Waals surface area contributed by atoms with Crippen molar-refractivity contribution in [3.05, 3.63) is 42.9 Å². The zero-order chi connectivity index (χ0) is 21.6. The molecule has 5 rings (SSSR count). The monoisotopic (exact) mass is 442 g/mol. The Hall–Kier alpha value is -3.18. The molecule has 1 spiro atoms. The lowest BCUT2D eigenvalue weighted by molar-refractivity contribution is -0.137. The van der Waals surface area contributed by atoms with Crippen molar-refractivity contribution in [1.82, 2.24) is 19.9 Å². The molecule has 1 aliphatic heterocycles. The Balaban J connectivity index is 1.25. The predicted molar refractivity (Wildman–Crippen MR) is 113 cm³/mol. The number of aromatic nitrogens is 3. The molecule has 0 atom stereocenters. The molecule has 1 saturated heterocycles. The minimum atomic E-state index is -3.76. The van der Waals surface area contributed by atoms with Crippen molar-refractivity contribution in [3.63, 3.8) is 0 Å². The second-order valence-electron chi connectivity index (χ2n) is 7.93. The van der Waals surface area contributed by atoms with Crippen LogP contribution in [0.25, 0.3) is 11.0 Å². The summed E-state index contributed by atoms with van der Waals surface area (Å²) in [6.07, 6.45) is 5.29. The molecular formula is C20H22N6O4S. The minimum absolute atomic E-state index is 0.000448. The number of hydrogen-bond acceptors (Lipinski definition) is 7. The number of carbonyl (C=O) groups excluding carboxylic acids is 1. The molecule has 31 heavy (non-hydrogen) atoms. The summed E-state index contributed by atoms with van der Waals surface area (Å²) in [5, 5.41) is 6.07. The number of carbonyl (C=O) groups is 1. The molecule has 2 aliphatic rings. The summed E-state index contributed by atoms with van der Waals surface area (Å²) < 4.78 is 28.3. The van der Waals surface area contributed by atoms with Gasteiger partial charge in [-0.1, -0.05) is 0 Å². The van der Waals surface area contributed by atoms with E-state index in [0.717, 1.165) is 36.2 Å². The number of nitrogens with zero attached hydrogens (tertiary/aromatic N) is 4. The van der Waals surface area contributed by atoms with E-state index in [1.54, 1.807) is 6.33 Å². The second-order valence-corrected chi connectivity index (χ2v) is 9.50. The molecule has 1 aromatic carbocycles. The van der Waals surface area contributed by atoms with Crippen LogP contribution >= 0.6 is 0 Å². The van der Waals surface area contributed by atoms with Crippen LogP contribution in [0.2, 0.25) is 0 Å². The Labute approximate surface area is 179 Å². The summed E-state index contributed by atoms with van der Waals surface area (Å²) in [7, 11) is -3.76. The van der Waals surface area contributed by atoms with Crippen LogP contribution in [0.4, 0.5) is 5.82 Å². The normalized spacial score (nSPS) is 17.8. The highest BCUT2D eigenvalue weighted by atomic mass is 32.2. The maximum absolute atomic E-state index is 12.9. The van der Waals surface area contributed by atoms with Gasteiger partial charge < -0.3 is 19.5 Å². The number of nitrogens with two attached hydrogens (primary N) is 1. The van der Waals surface area contributed by atoms with Gasteiger partial charge in [-0.2, -0.15) is 0 Å². The van der Waals surface area contributed by atoms with Crippen LogP contribution < -0.4 is 14.8 Å². The number of piperazine rings is 1. The minimum Gasteiger partial charge on any atom is -0.484 e. The van der Waals surface area contributed by atoms with Crippen molar-refractivity contribution >= 4 is 32.8 Å². The van der Waals surface area contributed by atoms with Crippen molar-refractivity contribution in [1.29, 1.82) is 0 Å². The standard InChI is InChI=1S/C20H22N6O4S/c21-31(28,29)15-3-1-14(2-4-15)30-11-17(27)26-10-9-25(12-20(26)6-7-20)19-16-5-8-22-18(16)23-13-24-19/h1-5,8,13H,6-7,9-12H2,(H2,21,28,29)(H,22,23,24). The maximum atomic E-state index is 12.9. The van der Waals surface area contributed by atoms with E-state index in [1.165, 1.54) is 24.3 Å². The highest BCUT2D eigenvalue weighted by Crippen LogP contribution is 2.45. The van der Waals surface area contributed by atoms with Crippen LogP contribution in [0.1, 0.15) is 12.8 Å². The van der Waals surface area contributed by atoms with Crippen molar-refractivity contribution < 1.29 is 17.9 Å². The Morgan fingerprint density at radius 1 is 1.16 bits per heavy atom. The molecule has 162 valence electrons. The second kappa shape index (κ2) is 7.20. The first-order valence-electron chi connectivity index (χ1n) is 9.95. The Bertz CT molecular complexity index is 1240. The average molecular weight is 443 g/mol. The van der Waals surface area contributed by atoms with E-state index in [2.05, 4.69) is 19.9 Å². The molecule has 0 unspecified atom stereocenters. The van der Waals surface area contributed by atoms with Crippen molar-refractivity contribution in [2.75, 3.05) is 31.1 Å². The summed E-state index contributed by atoms with van der Waals surface area (Å²) >= 11 is 0. The van der Waals surface area contributed by atoms with E-state index in [0.29, 0.717) is 18.8 Å². The van der Waals surface area contributed by atoms with E-state index in [4.69, 9.17) is 9.88 Å². The highest BCUT2D eigenvalue weighted by molar-refractivity contribution is 7.89. The number of fused-ring (bicyclic) bond motifs is 1. The van der Waals surface area contributed by atoms with Crippen LogP contribution in [0, 0.1) is 0 Å². The van der Waals surface area contributed by atoms with Gasteiger partial charge in [0.15, 0.2) is 6.61 Å². The van der Waals surface area contributed by atoms with Gasteiger partial charge in [-0.3, -0.25) is 4.79 Å². The van der Waals surface area contributed by atoms with Gasteiger partial charge in [0.2, 0.25) is 10.0 Å². The van der Waals surface area contributed by atoms with Gasteiger partial charge >= 0.3 is 0 Å². The van der Waals surface area contributed by atoms with E-state index >= 15 is 0 Å². The summed E-state index contributed by atoms with van der Waals surface area (Å²) in [5.74, 6) is 1.22. The number of benzene rings is 1. The van der Waals surface area contributed by atoms with Gasteiger partial charge in [0.05, 0.1) is 15.8 Å². The molecule has 10 nitrogen and oxygen atoms in total. The lowest BCUT2D eigenvalue weighted by atomic mass is 10.1. The summed E-state index contributed by atoms with van der Waals surface area (Å²) in [6.45, 7) is 1.88. The summed E-state index contributed by atoms with van der Waals surface area (Å²) in [5.41, 5.74) is 0.610. The molecule has 11 heteroatoms. The molecule has 2 aromatic heterocycles. The largest absolute Gasteiger partial charge is 0.484 e. The molecule has 1 amide bonds. The first-order chi connectivity index (χ1) is 14.9. The number of ether oxygens (including phenoxy) is 1. The molecular weight excluding hydrogens is 420 g/mol. The number of anilines is 1. The molecule has 0 radical (unpaired) electrons. The molecule has 1 aliphatic carbocycles. The number of nitrogens with one attached hydrogen (secondary N) is 1. The first-order valence-corrected chi connectivity index (χ1v) is 11.5. The summed E-state index contributed by atoms with van der Waals surface area (Å²) in [6, 6.07) is 7.68. The van der Waals surface area contributed by atoms with Gasteiger partial charge in [-0.05, 0) is 43.2 Å². The van der Waals surface area contributed by atoms with E-state index in [9.17, 15) is 13.2 Å². The molecule has 3 N–H and O–H groups in total. The molecule has 1 saturated carbocycles.